The van der Waals surface area contributed by atoms with Crippen LogP contribution in [0.25, 0.3) is 0 Å². The van der Waals surface area contributed by atoms with E-state index in [1.165, 1.54) is 30.7 Å². The van der Waals surface area contributed by atoms with Gasteiger partial charge >= 0.3 is 0 Å². The highest BCUT2D eigenvalue weighted by molar-refractivity contribution is 6.30. The monoisotopic (exact) mass is 154 g/mol. The van der Waals surface area contributed by atoms with Gasteiger partial charge in [-0.2, -0.15) is 0 Å². The van der Waals surface area contributed by atoms with Crippen LogP contribution in [0.15, 0.2) is 11.1 Å². The van der Waals surface area contributed by atoms with E-state index in [4.69, 9.17) is 11.6 Å². The summed E-state index contributed by atoms with van der Waals surface area (Å²) in [5, 5.41) is 1.19. The third kappa shape index (κ3) is 0.440. The minimum Gasteiger partial charge on any atom is -0.0892 e. The van der Waals surface area contributed by atoms with Gasteiger partial charge in [0.1, 0.15) is 0 Å². The van der Waals surface area contributed by atoms with Gasteiger partial charge in [-0.15, -0.1) is 0 Å². The van der Waals surface area contributed by atoms with Gasteiger partial charge in [0.15, 0.2) is 0 Å². The lowest BCUT2D eigenvalue weighted by Gasteiger charge is -2.12. The minimum absolute atomic E-state index is 0.719. The van der Waals surface area contributed by atoms with Crippen molar-refractivity contribution < 1.29 is 0 Å². The van der Waals surface area contributed by atoms with Crippen molar-refractivity contribution in [3.05, 3.63) is 11.1 Å². The topological polar surface area (TPSA) is 0 Å². The molecule has 0 amide bonds. The Kier molecular flexibility index (Phi) is 0.820. The average Bonchev–Trinajstić information content (AvgIpc) is 2.55. The molecule has 0 N–H and O–H groups in total. The largest absolute Gasteiger partial charge is 0.0892 e. The van der Waals surface area contributed by atoms with Crippen LogP contribution in [-0.4, -0.2) is 0 Å². The van der Waals surface area contributed by atoms with Crippen molar-refractivity contribution in [2.24, 2.45) is 17.3 Å². The van der Waals surface area contributed by atoms with Crippen LogP contribution in [0, 0.1) is 17.3 Å². The van der Waals surface area contributed by atoms with Crippen LogP contribution < -0.4 is 0 Å². The highest BCUT2D eigenvalue weighted by Crippen LogP contribution is 2.70. The molecule has 0 radical (unpaired) electrons. The van der Waals surface area contributed by atoms with Gasteiger partial charge < -0.3 is 0 Å². The second-order valence-electron chi connectivity index (χ2n) is 4.02. The Labute approximate surface area is 66.3 Å². The predicted octanol–water partition coefficient (Wildman–Crippen LogP) is 2.93. The molecule has 0 nitrogen and oxygen atoms in total. The van der Waals surface area contributed by atoms with Gasteiger partial charge in [-0.05, 0) is 37.0 Å². The number of hydrogen-bond acceptors (Lipinski definition) is 0. The molecule has 0 aromatic heterocycles. The summed E-state index contributed by atoms with van der Waals surface area (Å²) in [5.74, 6) is 1.67. The highest BCUT2D eigenvalue weighted by atomic mass is 35.5. The first-order valence-corrected chi connectivity index (χ1v) is 4.58. The zero-order valence-corrected chi connectivity index (χ0v) is 6.69. The fraction of sp³-hybridized carbons (Fsp3) is 0.778. The first-order valence-electron chi connectivity index (χ1n) is 4.20. The molecule has 0 aromatic carbocycles. The molecule has 10 heavy (non-hydrogen) atoms. The molecular weight excluding hydrogens is 144 g/mol. The minimum atomic E-state index is 0.719. The molecule has 54 valence electrons. The maximum absolute atomic E-state index is 6.09. The van der Waals surface area contributed by atoms with E-state index >= 15 is 0 Å². The van der Waals surface area contributed by atoms with Crippen molar-refractivity contribution in [2.45, 2.75) is 25.7 Å². The zero-order valence-electron chi connectivity index (χ0n) is 5.94. The van der Waals surface area contributed by atoms with Crippen LogP contribution in [0.2, 0.25) is 0 Å². The second-order valence-corrected chi connectivity index (χ2v) is 4.46. The van der Waals surface area contributed by atoms with E-state index in [9.17, 15) is 0 Å². The van der Waals surface area contributed by atoms with Crippen molar-refractivity contribution in [1.29, 1.82) is 0 Å². The summed E-state index contributed by atoms with van der Waals surface area (Å²) in [4.78, 5) is 0. The zero-order chi connectivity index (χ0) is 6.77. The SMILES string of the molecule is ClC1=CC2CCC1C21CC1. The molecule has 2 fully saturated rings. The molecule has 1 heteroatoms. The molecule has 2 atom stereocenters. The van der Waals surface area contributed by atoms with Gasteiger partial charge in [0.25, 0.3) is 0 Å². The molecule has 3 aliphatic carbocycles. The third-order valence-electron chi connectivity index (χ3n) is 3.72. The molecule has 0 heterocycles. The van der Waals surface area contributed by atoms with Crippen LogP contribution in [0.4, 0.5) is 0 Å². The summed E-state index contributed by atoms with van der Waals surface area (Å²) >= 11 is 6.09. The quantitative estimate of drug-likeness (QED) is 0.503. The Morgan fingerprint density at radius 1 is 1.40 bits per heavy atom. The standard InChI is InChI=1S/C9H11Cl/c10-8-5-6-1-2-7(8)9(6)3-4-9/h5-7H,1-4H2. The Hall–Kier alpha value is 0.0300. The summed E-state index contributed by atoms with van der Waals surface area (Å²) in [6.07, 6.45) is 8.02. The van der Waals surface area contributed by atoms with E-state index in [-0.39, 0.29) is 0 Å². The number of allylic oxidation sites excluding steroid dienone is 2. The van der Waals surface area contributed by atoms with Gasteiger partial charge in [0.05, 0.1) is 0 Å². The fourth-order valence-electron chi connectivity index (χ4n) is 3.01. The molecule has 2 saturated carbocycles. The van der Waals surface area contributed by atoms with E-state index in [0.717, 1.165) is 17.3 Å². The summed E-state index contributed by atoms with van der Waals surface area (Å²) in [5.41, 5.74) is 0.719. The van der Waals surface area contributed by atoms with E-state index in [2.05, 4.69) is 6.08 Å². The Morgan fingerprint density at radius 2 is 2.20 bits per heavy atom. The van der Waals surface area contributed by atoms with E-state index in [1.54, 1.807) is 0 Å². The normalized spacial score (nSPS) is 46.3. The average molecular weight is 155 g/mol. The molecular formula is C9H11Cl. The maximum Gasteiger partial charge on any atom is 0.0180 e. The first kappa shape index (κ1) is 5.65. The fourth-order valence-corrected chi connectivity index (χ4v) is 3.49. The van der Waals surface area contributed by atoms with Crippen LogP contribution in [0.3, 0.4) is 0 Å². The van der Waals surface area contributed by atoms with E-state index < -0.39 is 0 Å². The third-order valence-corrected chi connectivity index (χ3v) is 4.11. The van der Waals surface area contributed by atoms with Crippen molar-refractivity contribution >= 4 is 11.6 Å². The van der Waals surface area contributed by atoms with Crippen molar-refractivity contribution in [3.63, 3.8) is 0 Å². The Balaban J connectivity index is 2.08. The summed E-state index contributed by atoms with van der Waals surface area (Å²) < 4.78 is 0. The molecule has 2 bridgehead atoms. The first-order chi connectivity index (χ1) is 4.83. The highest BCUT2D eigenvalue weighted by Gasteiger charge is 2.61. The van der Waals surface area contributed by atoms with Crippen LogP contribution >= 0.6 is 11.6 Å². The Bertz CT molecular complexity index is 213. The number of hydrogen-bond donors (Lipinski definition) is 0. The van der Waals surface area contributed by atoms with Crippen molar-refractivity contribution in [2.75, 3.05) is 0 Å². The molecule has 0 aromatic rings. The maximum atomic E-state index is 6.09. The lowest BCUT2D eigenvalue weighted by atomic mass is 9.93. The van der Waals surface area contributed by atoms with Gasteiger partial charge in [0, 0.05) is 11.0 Å². The molecule has 3 rings (SSSR count). The van der Waals surface area contributed by atoms with Crippen molar-refractivity contribution in [3.8, 4) is 0 Å². The molecule has 0 saturated heterocycles. The van der Waals surface area contributed by atoms with Gasteiger partial charge in [-0.3, -0.25) is 0 Å². The predicted molar refractivity (Wildman–Crippen MR) is 41.8 cm³/mol. The van der Waals surface area contributed by atoms with Crippen LogP contribution in [0.5, 0.6) is 0 Å². The number of rotatable bonds is 0. The van der Waals surface area contributed by atoms with Crippen LogP contribution in [-0.2, 0) is 0 Å². The Morgan fingerprint density at radius 3 is 2.50 bits per heavy atom. The van der Waals surface area contributed by atoms with Crippen molar-refractivity contribution in [1.82, 2.24) is 0 Å². The van der Waals surface area contributed by atoms with Gasteiger partial charge in [-0.25, -0.2) is 0 Å². The lowest BCUT2D eigenvalue weighted by Crippen LogP contribution is -2.07. The number of halogens is 1. The van der Waals surface area contributed by atoms with Gasteiger partial charge in [-0.1, -0.05) is 17.7 Å². The summed E-state index contributed by atoms with van der Waals surface area (Å²) in [6, 6.07) is 0. The van der Waals surface area contributed by atoms with E-state index in [0.29, 0.717) is 0 Å². The van der Waals surface area contributed by atoms with Gasteiger partial charge in [0.2, 0.25) is 0 Å². The second kappa shape index (κ2) is 1.45. The molecule has 0 aliphatic heterocycles. The summed E-state index contributed by atoms with van der Waals surface area (Å²) in [7, 11) is 0. The molecule has 3 aliphatic rings. The summed E-state index contributed by atoms with van der Waals surface area (Å²) in [6.45, 7) is 0. The molecule has 1 spiro atoms. The lowest BCUT2D eigenvalue weighted by molar-refractivity contribution is 0.402. The van der Waals surface area contributed by atoms with E-state index in [1.807, 2.05) is 0 Å². The molecule has 2 unspecified atom stereocenters. The smallest absolute Gasteiger partial charge is 0.0180 e. The van der Waals surface area contributed by atoms with Crippen LogP contribution in [0.1, 0.15) is 25.7 Å².